The van der Waals surface area contributed by atoms with E-state index in [2.05, 4.69) is 24.2 Å². The Kier molecular flexibility index (Phi) is 5.67. The predicted octanol–water partition coefficient (Wildman–Crippen LogP) is 2.57. The van der Waals surface area contributed by atoms with Crippen molar-refractivity contribution in [3.05, 3.63) is 0 Å². The van der Waals surface area contributed by atoms with Crippen LogP contribution in [0.25, 0.3) is 0 Å². The van der Waals surface area contributed by atoms with E-state index >= 15 is 0 Å². The predicted molar refractivity (Wildman–Crippen MR) is 85.2 cm³/mol. The van der Waals surface area contributed by atoms with Crippen LogP contribution in [0.15, 0.2) is 0 Å². The Morgan fingerprint density at radius 2 is 2.00 bits per heavy atom. The van der Waals surface area contributed by atoms with Crippen molar-refractivity contribution in [3.8, 4) is 0 Å². The van der Waals surface area contributed by atoms with E-state index in [1.807, 2.05) is 6.92 Å². The van der Waals surface area contributed by atoms with Gasteiger partial charge in [0, 0.05) is 12.1 Å². The van der Waals surface area contributed by atoms with Crippen LogP contribution in [0.2, 0.25) is 0 Å². The van der Waals surface area contributed by atoms with E-state index in [4.69, 9.17) is 4.74 Å². The first-order valence-electron chi connectivity index (χ1n) is 8.52. The number of ether oxygens (including phenoxy) is 1. The average Bonchev–Trinajstić information content (AvgIpc) is 3.34. The van der Waals surface area contributed by atoms with Crippen molar-refractivity contribution >= 4 is 5.97 Å². The Balaban J connectivity index is 1.69. The number of esters is 1. The number of carbonyl (C=O) groups is 1. The van der Waals surface area contributed by atoms with Crippen molar-refractivity contribution in [1.29, 1.82) is 0 Å². The molecule has 4 heteroatoms. The first kappa shape index (κ1) is 16.8. The highest BCUT2D eigenvalue weighted by atomic mass is 16.5. The van der Waals surface area contributed by atoms with Crippen LogP contribution >= 0.6 is 0 Å². The fraction of sp³-hybridized carbons (Fsp3) is 0.941. The van der Waals surface area contributed by atoms with Gasteiger partial charge < -0.3 is 9.64 Å². The minimum absolute atomic E-state index is 0.117. The van der Waals surface area contributed by atoms with Crippen LogP contribution in [-0.2, 0) is 9.53 Å². The molecule has 2 aliphatic rings. The summed E-state index contributed by atoms with van der Waals surface area (Å²) in [6, 6.07) is 1.23. The number of unbranched alkanes of at least 4 members (excludes halogenated alkanes) is 1. The molecule has 2 aliphatic carbocycles. The fourth-order valence-electron chi connectivity index (χ4n) is 3.12. The molecule has 0 aromatic rings. The molecular formula is C17H32N2O2. The molecule has 2 atom stereocenters. The molecule has 0 radical (unpaired) electrons. The third kappa shape index (κ3) is 4.96. The molecule has 4 nitrogen and oxygen atoms in total. The topological polar surface area (TPSA) is 41.6 Å². The van der Waals surface area contributed by atoms with Crippen LogP contribution in [-0.4, -0.2) is 49.2 Å². The smallest absolute Gasteiger partial charge is 0.325 e. The summed E-state index contributed by atoms with van der Waals surface area (Å²) in [5.74, 6) is 0.806. The zero-order valence-corrected chi connectivity index (χ0v) is 14.2. The molecule has 0 saturated heterocycles. The maximum absolute atomic E-state index is 12.0. The molecule has 2 fully saturated rings. The molecule has 0 spiro atoms. The van der Waals surface area contributed by atoms with Gasteiger partial charge in [-0.15, -0.1) is 0 Å². The van der Waals surface area contributed by atoms with Crippen LogP contribution in [0, 0.1) is 5.92 Å². The van der Waals surface area contributed by atoms with Gasteiger partial charge in [-0.2, -0.15) is 0 Å². The summed E-state index contributed by atoms with van der Waals surface area (Å²) in [5.41, 5.74) is -0.503. The molecule has 0 aliphatic heterocycles. The molecule has 0 heterocycles. The molecule has 2 rings (SSSR count). The number of hydrogen-bond acceptors (Lipinski definition) is 4. The molecule has 0 amide bonds. The summed E-state index contributed by atoms with van der Waals surface area (Å²) in [5, 5.41) is 3.47. The third-order valence-corrected chi connectivity index (χ3v) is 5.17. The molecule has 1 N–H and O–H groups in total. The van der Waals surface area contributed by atoms with Gasteiger partial charge in [0.05, 0.1) is 7.11 Å². The lowest BCUT2D eigenvalue weighted by atomic mass is 9.94. The van der Waals surface area contributed by atoms with Crippen LogP contribution in [0.3, 0.4) is 0 Å². The molecule has 21 heavy (non-hydrogen) atoms. The number of carbonyl (C=O) groups excluding carboxylic acids is 1. The van der Waals surface area contributed by atoms with Crippen molar-refractivity contribution in [3.63, 3.8) is 0 Å². The van der Waals surface area contributed by atoms with Gasteiger partial charge >= 0.3 is 5.97 Å². The highest BCUT2D eigenvalue weighted by molar-refractivity contribution is 5.80. The van der Waals surface area contributed by atoms with Crippen LogP contribution in [0.1, 0.15) is 58.8 Å². The largest absolute Gasteiger partial charge is 0.468 e. The maximum atomic E-state index is 12.0. The highest BCUT2D eigenvalue weighted by Gasteiger charge is 2.38. The first-order chi connectivity index (χ1) is 9.96. The van der Waals surface area contributed by atoms with E-state index in [9.17, 15) is 4.79 Å². The van der Waals surface area contributed by atoms with Crippen LogP contribution in [0.4, 0.5) is 0 Å². The highest BCUT2D eigenvalue weighted by Crippen LogP contribution is 2.34. The molecule has 122 valence electrons. The SMILES string of the molecule is COC(=O)C(C)(CCCCN(C)C(C)C1CC1)NC1CC1. The van der Waals surface area contributed by atoms with Crippen molar-refractivity contribution in [2.45, 2.75) is 76.4 Å². The van der Waals surface area contributed by atoms with Crippen molar-refractivity contribution in [1.82, 2.24) is 10.2 Å². The Hall–Kier alpha value is -0.610. The molecule has 2 unspecified atom stereocenters. The van der Waals surface area contributed by atoms with Crippen molar-refractivity contribution in [2.75, 3.05) is 20.7 Å². The zero-order valence-electron chi connectivity index (χ0n) is 14.2. The zero-order chi connectivity index (χ0) is 15.5. The average molecular weight is 296 g/mol. The van der Waals surface area contributed by atoms with Crippen molar-refractivity contribution in [2.24, 2.45) is 5.92 Å². The van der Waals surface area contributed by atoms with Gasteiger partial charge in [0.2, 0.25) is 0 Å². The number of nitrogens with one attached hydrogen (secondary N) is 1. The van der Waals surface area contributed by atoms with E-state index in [1.54, 1.807) is 0 Å². The lowest BCUT2D eigenvalue weighted by Gasteiger charge is -2.29. The van der Waals surface area contributed by atoms with E-state index < -0.39 is 5.54 Å². The lowest BCUT2D eigenvalue weighted by molar-refractivity contribution is -0.148. The standard InChI is InChI=1S/C17H32N2O2/c1-13(14-7-8-14)19(3)12-6-5-11-17(2,16(20)21-4)18-15-9-10-15/h13-15,18H,5-12H2,1-4H3. The van der Waals surface area contributed by atoms with Gasteiger partial charge in [0.25, 0.3) is 0 Å². The van der Waals surface area contributed by atoms with E-state index in [1.165, 1.54) is 32.8 Å². The van der Waals surface area contributed by atoms with Crippen LogP contribution < -0.4 is 5.32 Å². The molecule has 2 saturated carbocycles. The summed E-state index contributed by atoms with van der Waals surface area (Å²) in [4.78, 5) is 14.5. The van der Waals surface area contributed by atoms with Gasteiger partial charge in [0.15, 0.2) is 0 Å². The first-order valence-corrected chi connectivity index (χ1v) is 8.52. The summed E-state index contributed by atoms with van der Waals surface area (Å²) in [6.07, 6.45) is 8.25. The summed E-state index contributed by atoms with van der Waals surface area (Å²) < 4.78 is 4.99. The van der Waals surface area contributed by atoms with E-state index in [0.29, 0.717) is 12.1 Å². The van der Waals surface area contributed by atoms with Crippen molar-refractivity contribution < 1.29 is 9.53 Å². The lowest BCUT2D eigenvalue weighted by Crippen LogP contribution is -2.51. The molecular weight excluding hydrogens is 264 g/mol. The minimum Gasteiger partial charge on any atom is -0.468 e. The number of hydrogen-bond donors (Lipinski definition) is 1. The number of nitrogens with zero attached hydrogens (tertiary/aromatic N) is 1. The minimum atomic E-state index is -0.503. The fourth-order valence-corrected chi connectivity index (χ4v) is 3.12. The van der Waals surface area contributed by atoms with Gasteiger partial charge in [-0.25, -0.2) is 0 Å². The second-order valence-electron chi connectivity index (χ2n) is 7.26. The number of methoxy groups -OCH3 is 1. The Morgan fingerprint density at radius 1 is 1.33 bits per heavy atom. The Labute approximate surface area is 129 Å². The molecule has 0 bridgehead atoms. The van der Waals surface area contributed by atoms with Gasteiger partial charge in [-0.1, -0.05) is 0 Å². The third-order valence-electron chi connectivity index (χ3n) is 5.17. The number of rotatable bonds is 10. The Bertz CT molecular complexity index is 353. The normalized spacial score (nSPS) is 22.9. The van der Waals surface area contributed by atoms with Crippen LogP contribution in [0.5, 0.6) is 0 Å². The second-order valence-corrected chi connectivity index (χ2v) is 7.26. The molecule has 0 aromatic carbocycles. The monoisotopic (exact) mass is 296 g/mol. The van der Waals surface area contributed by atoms with E-state index in [-0.39, 0.29) is 5.97 Å². The quantitative estimate of drug-likeness (QED) is 0.497. The summed E-state index contributed by atoms with van der Waals surface area (Å²) >= 11 is 0. The molecule has 0 aromatic heterocycles. The summed E-state index contributed by atoms with van der Waals surface area (Å²) in [6.45, 7) is 5.46. The van der Waals surface area contributed by atoms with Gasteiger partial charge in [-0.05, 0) is 78.3 Å². The second kappa shape index (κ2) is 7.10. The maximum Gasteiger partial charge on any atom is 0.325 e. The van der Waals surface area contributed by atoms with E-state index in [0.717, 1.165) is 31.7 Å². The van der Waals surface area contributed by atoms with Gasteiger partial charge in [0.1, 0.15) is 5.54 Å². The van der Waals surface area contributed by atoms with Gasteiger partial charge in [-0.3, -0.25) is 10.1 Å². The summed E-state index contributed by atoms with van der Waals surface area (Å²) in [7, 11) is 3.71. The Morgan fingerprint density at radius 3 is 2.52 bits per heavy atom.